The van der Waals surface area contributed by atoms with E-state index in [0.717, 1.165) is 37.8 Å². The lowest BCUT2D eigenvalue weighted by Crippen LogP contribution is -2.46. The molecule has 0 bridgehead atoms. The van der Waals surface area contributed by atoms with Gasteiger partial charge in [0, 0.05) is 32.1 Å². The molecule has 1 aromatic rings. The van der Waals surface area contributed by atoms with Crippen molar-refractivity contribution in [3.05, 3.63) is 11.9 Å². The van der Waals surface area contributed by atoms with E-state index in [9.17, 15) is 29.1 Å². The van der Waals surface area contributed by atoms with Gasteiger partial charge in [-0.3, -0.25) is 14.3 Å². The van der Waals surface area contributed by atoms with Crippen LogP contribution < -0.4 is 16.0 Å². The van der Waals surface area contributed by atoms with E-state index in [1.54, 1.807) is 10.9 Å². The number of carboxylic acids is 3. The Morgan fingerprint density at radius 1 is 0.868 bits per heavy atom. The highest BCUT2D eigenvalue weighted by Crippen LogP contribution is 2.07. The minimum Gasteiger partial charge on any atom is -0.481 e. The summed E-state index contributed by atoms with van der Waals surface area (Å²) in [5, 5.41) is 42.5. The summed E-state index contributed by atoms with van der Waals surface area (Å²) in [6.07, 6.45) is 7.82. The van der Waals surface area contributed by atoms with Crippen molar-refractivity contribution in [1.82, 2.24) is 30.9 Å². The fourth-order valence-corrected chi connectivity index (χ4v) is 3.63. The second-order valence-corrected chi connectivity index (χ2v) is 9.06. The summed E-state index contributed by atoms with van der Waals surface area (Å²) >= 11 is 0. The van der Waals surface area contributed by atoms with Gasteiger partial charge in [0.15, 0.2) is 0 Å². The van der Waals surface area contributed by atoms with Crippen molar-refractivity contribution in [1.29, 1.82) is 0 Å². The predicted molar refractivity (Wildman–Crippen MR) is 135 cm³/mol. The zero-order valence-electron chi connectivity index (χ0n) is 21.9. The first-order valence-electron chi connectivity index (χ1n) is 13.0. The molecule has 2 atom stereocenters. The van der Waals surface area contributed by atoms with Crippen LogP contribution in [0, 0.1) is 0 Å². The summed E-state index contributed by atoms with van der Waals surface area (Å²) < 4.78 is 1.70. The van der Waals surface area contributed by atoms with E-state index in [2.05, 4.69) is 26.3 Å². The zero-order valence-corrected chi connectivity index (χ0v) is 21.9. The van der Waals surface area contributed by atoms with Crippen molar-refractivity contribution in [3.8, 4) is 0 Å². The van der Waals surface area contributed by atoms with Crippen LogP contribution in [0.5, 0.6) is 0 Å². The summed E-state index contributed by atoms with van der Waals surface area (Å²) in [5.74, 6) is -3.73. The number of carboxylic acid groups (broad SMARTS) is 3. The van der Waals surface area contributed by atoms with E-state index in [4.69, 9.17) is 10.2 Å². The van der Waals surface area contributed by atoms with Crippen molar-refractivity contribution in [2.24, 2.45) is 0 Å². The van der Waals surface area contributed by atoms with Crippen molar-refractivity contribution in [2.75, 3.05) is 6.54 Å². The van der Waals surface area contributed by atoms with Crippen LogP contribution in [0.15, 0.2) is 6.20 Å². The van der Waals surface area contributed by atoms with E-state index in [1.807, 2.05) is 6.92 Å². The van der Waals surface area contributed by atoms with Crippen LogP contribution in [0.4, 0.5) is 4.79 Å². The van der Waals surface area contributed by atoms with Gasteiger partial charge in [-0.2, -0.15) is 0 Å². The Morgan fingerprint density at radius 3 is 2.24 bits per heavy atom. The number of hydrogen-bond acceptors (Lipinski definition) is 7. The molecule has 1 heterocycles. The van der Waals surface area contributed by atoms with Crippen LogP contribution in [-0.4, -0.2) is 78.8 Å². The number of aryl methyl sites for hydroxylation is 2. The van der Waals surface area contributed by atoms with E-state index < -0.39 is 36.0 Å². The highest BCUT2D eigenvalue weighted by molar-refractivity contribution is 5.83. The van der Waals surface area contributed by atoms with Gasteiger partial charge in [0.1, 0.15) is 12.1 Å². The number of hydrogen-bond donors (Lipinski definition) is 6. The Balaban J connectivity index is 2.21. The Bertz CT molecular complexity index is 906. The molecule has 0 spiro atoms. The number of rotatable bonds is 21. The summed E-state index contributed by atoms with van der Waals surface area (Å²) in [7, 11) is 0. The molecule has 14 heteroatoms. The third-order valence-electron chi connectivity index (χ3n) is 5.75. The number of amides is 3. The minimum absolute atomic E-state index is 0.199. The second-order valence-electron chi connectivity index (χ2n) is 9.06. The van der Waals surface area contributed by atoms with Gasteiger partial charge in [0.05, 0.1) is 5.69 Å². The van der Waals surface area contributed by atoms with Crippen molar-refractivity contribution >= 4 is 29.8 Å². The lowest BCUT2D eigenvalue weighted by molar-refractivity contribution is -0.142. The first-order valence-corrected chi connectivity index (χ1v) is 13.0. The molecule has 1 aromatic heterocycles. The Labute approximate surface area is 221 Å². The maximum atomic E-state index is 12.1. The molecule has 0 aliphatic heterocycles. The van der Waals surface area contributed by atoms with Gasteiger partial charge in [-0.15, -0.1) is 5.10 Å². The predicted octanol–water partition coefficient (Wildman–Crippen LogP) is 1.54. The molecule has 14 nitrogen and oxygen atoms in total. The molecule has 0 aliphatic carbocycles. The SMILES string of the molecule is CCCCCC(NC(=O)CCCc1cn(CCCCCNC(=O)N[C@@H](CCC(=O)O)C(=O)O)nn1)C(=O)O. The van der Waals surface area contributed by atoms with Crippen molar-refractivity contribution in [2.45, 2.75) is 103 Å². The van der Waals surface area contributed by atoms with E-state index in [1.165, 1.54) is 0 Å². The van der Waals surface area contributed by atoms with E-state index in [0.29, 0.717) is 38.8 Å². The highest BCUT2D eigenvalue weighted by Gasteiger charge is 2.21. The van der Waals surface area contributed by atoms with Gasteiger partial charge in [-0.1, -0.05) is 31.4 Å². The lowest BCUT2D eigenvalue weighted by atomic mass is 10.1. The molecule has 0 radical (unpaired) electrons. The van der Waals surface area contributed by atoms with Crippen LogP contribution in [0.1, 0.15) is 83.2 Å². The maximum absolute atomic E-state index is 12.1. The number of carbonyl (C=O) groups is 5. The number of nitrogens with one attached hydrogen (secondary N) is 3. The van der Waals surface area contributed by atoms with Gasteiger partial charge in [-0.05, 0) is 44.9 Å². The van der Waals surface area contributed by atoms with Gasteiger partial charge < -0.3 is 31.3 Å². The molecule has 0 aliphatic rings. The first kappa shape index (κ1) is 32.3. The second kappa shape index (κ2) is 18.5. The fraction of sp³-hybridized carbons (Fsp3) is 0.708. The Morgan fingerprint density at radius 2 is 1.58 bits per heavy atom. The Hall–Kier alpha value is -3.71. The van der Waals surface area contributed by atoms with Crippen molar-refractivity contribution < 1.29 is 39.3 Å². The topological polar surface area (TPSA) is 213 Å². The number of nitrogens with zero attached hydrogens (tertiary/aromatic N) is 3. The fourth-order valence-electron chi connectivity index (χ4n) is 3.63. The zero-order chi connectivity index (χ0) is 28.3. The maximum Gasteiger partial charge on any atom is 0.326 e. The monoisotopic (exact) mass is 540 g/mol. The van der Waals surface area contributed by atoms with E-state index in [-0.39, 0.29) is 25.2 Å². The smallest absolute Gasteiger partial charge is 0.326 e. The van der Waals surface area contributed by atoms with Gasteiger partial charge >= 0.3 is 23.9 Å². The summed E-state index contributed by atoms with van der Waals surface area (Å²) in [6, 6.07) is -2.78. The number of aromatic nitrogens is 3. The molecule has 0 saturated heterocycles. The van der Waals surface area contributed by atoms with Crippen LogP contribution in [0.2, 0.25) is 0 Å². The molecule has 6 N–H and O–H groups in total. The molecule has 214 valence electrons. The average molecular weight is 541 g/mol. The molecule has 0 fully saturated rings. The standard InChI is InChI=1S/C24H40N6O8/c1-2-3-5-10-18(22(34)35)26-20(31)11-8-9-17-16-30(29-28-17)15-7-4-6-14-25-24(38)27-19(23(36)37)12-13-21(32)33/h16,18-19H,2-15H2,1H3,(H,26,31)(H,32,33)(H,34,35)(H,36,37)(H2,25,27,38)/t18?,19-/m0/s1. The quantitative estimate of drug-likeness (QED) is 0.124. The number of urea groups is 1. The minimum atomic E-state index is -1.29. The van der Waals surface area contributed by atoms with E-state index >= 15 is 0 Å². The largest absolute Gasteiger partial charge is 0.481 e. The van der Waals surface area contributed by atoms with Crippen LogP contribution in [0.25, 0.3) is 0 Å². The molecule has 3 amide bonds. The molecule has 38 heavy (non-hydrogen) atoms. The van der Waals surface area contributed by atoms with Gasteiger partial charge in [-0.25, -0.2) is 14.4 Å². The first-order chi connectivity index (χ1) is 18.1. The number of unbranched alkanes of at least 4 members (excludes halogenated alkanes) is 4. The molecule has 1 unspecified atom stereocenters. The molecule has 1 rings (SSSR count). The van der Waals surface area contributed by atoms with Crippen LogP contribution >= 0.6 is 0 Å². The molecule has 0 saturated carbocycles. The summed E-state index contributed by atoms with van der Waals surface area (Å²) in [6.45, 7) is 2.99. The molecular weight excluding hydrogens is 500 g/mol. The molecular formula is C24H40N6O8. The summed E-state index contributed by atoms with van der Waals surface area (Å²) in [5.41, 5.74) is 0.741. The van der Waals surface area contributed by atoms with Crippen molar-refractivity contribution in [3.63, 3.8) is 0 Å². The lowest BCUT2D eigenvalue weighted by Gasteiger charge is -2.14. The highest BCUT2D eigenvalue weighted by atomic mass is 16.4. The van der Waals surface area contributed by atoms with Crippen LogP contribution in [-0.2, 0) is 32.1 Å². The van der Waals surface area contributed by atoms with Gasteiger partial charge in [0.25, 0.3) is 0 Å². The number of aliphatic carboxylic acids is 3. The summed E-state index contributed by atoms with van der Waals surface area (Å²) in [4.78, 5) is 56.9. The third-order valence-corrected chi connectivity index (χ3v) is 5.75. The number of carbonyl (C=O) groups excluding carboxylic acids is 2. The van der Waals surface area contributed by atoms with Crippen LogP contribution in [0.3, 0.4) is 0 Å². The van der Waals surface area contributed by atoms with Gasteiger partial charge in [0.2, 0.25) is 5.91 Å². The molecule has 0 aromatic carbocycles. The average Bonchev–Trinajstić information content (AvgIpc) is 3.30. The normalized spacial score (nSPS) is 12.3. The third kappa shape index (κ3) is 14.8. The Kier molecular flexibility index (Phi) is 15.8.